The minimum atomic E-state index is -0.857. The highest BCUT2D eigenvalue weighted by molar-refractivity contribution is 5.89. The molecular weight excluding hydrogens is 354 g/mol. The van der Waals surface area contributed by atoms with Crippen molar-refractivity contribution in [1.82, 2.24) is 14.3 Å². The molecule has 0 unspecified atom stereocenters. The first kappa shape index (κ1) is 17.1. The van der Waals surface area contributed by atoms with Gasteiger partial charge in [-0.15, -0.1) is 0 Å². The first-order valence-corrected chi connectivity index (χ1v) is 8.45. The highest BCUT2D eigenvalue weighted by Crippen LogP contribution is 2.19. The smallest absolute Gasteiger partial charge is 0.320 e. The lowest BCUT2D eigenvalue weighted by atomic mass is 10.1. The van der Waals surface area contributed by atoms with Crippen molar-refractivity contribution in [2.75, 3.05) is 11.9 Å². The number of rotatable bonds is 1. The third kappa shape index (κ3) is 3.03. The maximum absolute atomic E-state index is 13.8. The topological polar surface area (TPSA) is 66.7 Å². The molecule has 2 aromatic heterocycles. The number of hydrogen-bond acceptors (Lipinski definition) is 3. The van der Waals surface area contributed by atoms with Crippen molar-refractivity contribution >= 4 is 17.4 Å². The molecule has 0 saturated heterocycles. The van der Waals surface area contributed by atoms with Crippen LogP contribution in [0.3, 0.4) is 0 Å². The number of amides is 2. The summed E-state index contributed by atoms with van der Waals surface area (Å²) in [7, 11) is 0. The van der Waals surface area contributed by atoms with Crippen LogP contribution in [0.4, 0.5) is 19.3 Å². The first-order chi connectivity index (χ1) is 12.9. The Morgan fingerprint density at radius 1 is 1.26 bits per heavy atom. The summed E-state index contributed by atoms with van der Waals surface area (Å²) < 4.78 is 28.2. The Labute approximate surface area is 153 Å². The van der Waals surface area contributed by atoms with Crippen LogP contribution in [-0.4, -0.2) is 26.9 Å². The van der Waals surface area contributed by atoms with E-state index in [-0.39, 0.29) is 17.8 Å². The van der Waals surface area contributed by atoms with Crippen LogP contribution in [0.25, 0.3) is 5.65 Å². The number of anilines is 1. The quantitative estimate of drug-likeness (QED) is 0.716. The van der Waals surface area contributed by atoms with Crippen LogP contribution in [0.1, 0.15) is 16.8 Å². The van der Waals surface area contributed by atoms with Crippen molar-refractivity contribution in [3.8, 4) is 0 Å². The molecule has 8 heteroatoms. The molecule has 3 heterocycles. The van der Waals surface area contributed by atoms with Crippen LogP contribution in [-0.2, 0) is 13.0 Å². The van der Waals surface area contributed by atoms with Gasteiger partial charge in [-0.25, -0.2) is 18.6 Å². The van der Waals surface area contributed by atoms with Crippen molar-refractivity contribution in [1.29, 1.82) is 0 Å². The molecule has 3 aromatic rings. The summed E-state index contributed by atoms with van der Waals surface area (Å²) in [5.41, 5.74) is 2.28. The largest absolute Gasteiger partial charge is 0.322 e. The molecule has 4 rings (SSSR count). The van der Waals surface area contributed by atoms with Crippen LogP contribution in [0.5, 0.6) is 0 Å². The molecule has 0 aliphatic carbocycles. The van der Waals surface area contributed by atoms with Gasteiger partial charge in [0.2, 0.25) is 0 Å². The van der Waals surface area contributed by atoms with Crippen LogP contribution < -0.4 is 10.9 Å². The molecule has 27 heavy (non-hydrogen) atoms. The molecule has 1 aromatic carbocycles. The van der Waals surface area contributed by atoms with Gasteiger partial charge in [-0.05, 0) is 30.7 Å². The van der Waals surface area contributed by atoms with Gasteiger partial charge < -0.3 is 10.2 Å². The fourth-order valence-corrected chi connectivity index (χ4v) is 3.21. The molecule has 1 aliphatic heterocycles. The number of benzene rings is 1. The summed E-state index contributed by atoms with van der Waals surface area (Å²) in [5, 5.41) is 2.42. The molecule has 2 amide bonds. The van der Waals surface area contributed by atoms with E-state index in [0.29, 0.717) is 35.9 Å². The molecule has 0 fully saturated rings. The Morgan fingerprint density at radius 2 is 2.07 bits per heavy atom. The predicted molar refractivity (Wildman–Crippen MR) is 95.7 cm³/mol. The molecular formula is C19H16F2N4O2. The lowest BCUT2D eigenvalue weighted by Crippen LogP contribution is -2.42. The van der Waals surface area contributed by atoms with Crippen molar-refractivity contribution in [3.05, 3.63) is 75.3 Å². The number of hydrogen-bond donors (Lipinski definition) is 1. The fourth-order valence-electron chi connectivity index (χ4n) is 3.21. The fraction of sp³-hybridized carbons (Fsp3) is 0.211. The number of halogens is 2. The van der Waals surface area contributed by atoms with Crippen LogP contribution in [0.15, 0.2) is 41.3 Å². The summed E-state index contributed by atoms with van der Waals surface area (Å²) in [6.07, 6.45) is 2.07. The second-order valence-corrected chi connectivity index (χ2v) is 6.45. The summed E-state index contributed by atoms with van der Waals surface area (Å²) in [5.74, 6) is -1.58. The molecule has 0 radical (unpaired) electrons. The van der Waals surface area contributed by atoms with Crippen LogP contribution in [0, 0.1) is 18.6 Å². The predicted octanol–water partition coefficient (Wildman–Crippen LogP) is 2.87. The highest BCUT2D eigenvalue weighted by atomic mass is 19.1. The Morgan fingerprint density at radius 3 is 2.85 bits per heavy atom. The van der Waals surface area contributed by atoms with Gasteiger partial charge in [0.15, 0.2) is 0 Å². The second kappa shape index (κ2) is 6.46. The number of urea groups is 1. The van der Waals surface area contributed by atoms with E-state index in [0.717, 1.165) is 17.7 Å². The molecule has 1 aliphatic rings. The standard InChI is InChI=1S/C19H16F2N4O2/c1-11-3-2-7-25-17(11)22-15-6-8-24(10-13(15)18(25)26)19(27)23-16-5-4-12(20)9-14(16)21/h2-5,7,9H,6,8,10H2,1H3,(H,23,27). The Hall–Kier alpha value is -3.29. The summed E-state index contributed by atoms with van der Waals surface area (Å²) in [6, 6.07) is 6.02. The van der Waals surface area contributed by atoms with Gasteiger partial charge in [0.05, 0.1) is 23.5 Å². The number of nitrogens with one attached hydrogen (secondary N) is 1. The average Bonchev–Trinajstić information content (AvgIpc) is 2.65. The zero-order valence-corrected chi connectivity index (χ0v) is 14.5. The first-order valence-electron chi connectivity index (χ1n) is 8.45. The maximum atomic E-state index is 13.8. The van der Waals surface area contributed by atoms with Crippen molar-refractivity contribution in [2.45, 2.75) is 19.9 Å². The van der Waals surface area contributed by atoms with Gasteiger partial charge in [0.1, 0.15) is 17.3 Å². The van der Waals surface area contributed by atoms with E-state index in [1.807, 2.05) is 13.0 Å². The zero-order chi connectivity index (χ0) is 19.1. The highest BCUT2D eigenvalue weighted by Gasteiger charge is 2.25. The zero-order valence-electron chi connectivity index (χ0n) is 14.5. The van der Waals surface area contributed by atoms with Gasteiger partial charge in [-0.2, -0.15) is 0 Å². The monoisotopic (exact) mass is 370 g/mol. The number of carbonyl (C=O) groups excluding carboxylic acids is 1. The molecule has 0 spiro atoms. The van der Waals surface area contributed by atoms with E-state index < -0.39 is 17.7 Å². The van der Waals surface area contributed by atoms with E-state index in [2.05, 4.69) is 10.3 Å². The van der Waals surface area contributed by atoms with Gasteiger partial charge >= 0.3 is 6.03 Å². The molecule has 0 saturated carbocycles. The molecule has 1 N–H and O–H groups in total. The van der Waals surface area contributed by atoms with E-state index in [9.17, 15) is 18.4 Å². The van der Waals surface area contributed by atoms with E-state index in [1.54, 1.807) is 12.3 Å². The van der Waals surface area contributed by atoms with Gasteiger partial charge in [-0.3, -0.25) is 9.20 Å². The lowest BCUT2D eigenvalue weighted by molar-refractivity contribution is 0.205. The number of aryl methyl sites for hydroxylation is 1. The van der Waals surface area contributed by atoms with Crippen LogP contribution >= 0.6 is 0 Å². The number of nitrogens with zero attached hydrogens (tertiary/aromatic N) is 3. The third-order valence-corrected chi connectivity index (χ3v) is 4.66. The van der Waals surface area contributed by atoms with Crippen molar-refractivity contribution < 1.29 is 13.6 Å². The Bertz CT molecular complexity index is 1130. The van der Waals surface area contributed by atoms with E-state index >= 15 is 0 Å². The minimum absolute atomic E-state index is 0.0761. The summed E-state index contributed by atoms with van der Waals surface area (Å²) >= 11 is 0. The lowest BCUT2D eigenvalue weighted by Gasteiger charge is -2.28. The average molecular weight is 370 g/mol. The Kier molecular flexibility index (Phi) is 4.10. The van der Waals surface area contributed by atoms with Gasteiger partial charge in [0, 0.05) is 25.2 Å². The number of fused-ring (bicyclic) bond motifs is 2. The third-order valence-electron chi connectivity index (χ3n) is 4.66. The maximum Gasteiger partial charge on any atom is 0.322 e. The Balaban J connectivity index is 1.63. The molecule has 0 atom stereocenters. The molecule has 6 nitrogen and oxygen atoms in total. The number of aromatic nitrogens is 2. The number of carbonyl (C=O) groups is 1. The van der Waals surface area contributed by atoms with E-state index in [1.165, 1.54) is 9.30 Å². The molecule has 138 valence electrons. The number of pyridine rings is 1. The normalized spacial score (nSPS) is 13.5. The van der Waals surface area contributed by atoms with Crippen LogP contribution in [0.2, 0.25) is 0 Å². The van der Waals surface area contributed by atoms with E-state index in [4.69, 9.17) is 0 Å². The minimum Gasteiger partial charge on any atom is -0.320 e. The second-order valence-electron chi connectivity index (χ2n) is 6.45. The van der Waals surface area contributed by atoms with Gasteiger partial charge in [-0.1, -0.05) is 6.07 Å². The SMILES string of the molecule is Cc1cccn2c(=O)c3c(nc12)CCN(C(=O)Nc1ccc(F)cc1F)C3. The van der Waals surface area contributed by atoms with Gasteiger partial charge in [0.25, 0.3) is 5.56 Å². The summed E-state index contributed by atoms with van der Waals surface area (Å²) in [6.45, 7) is 2.30. The van der Waals surface area contributed by atoms with Crippen molar-refractivity contribution in [2.24, 2.45) is 0 Å². The summed E-state index contributed by atoms with van der Waals surface area (Å²) in [4.78, 5) is 31.3. The van der Waals surface area contributed by atoms with Crippen molar-refractivity contribution in [3.63, 3.8) is 0 Å². The molecule has 0 bridgehead atoms.